The van der Waals surface area contributed by atoms with E-state index in [0.717, 1.165) is 12.8 Å². The zero-order chi connectivity index (χ0) is 11.3. The van der Waals surface area contributed by atoms with E-state index in [9.17, 15) is 4.79 Å². The Balaban J connectivity index is 2.49. The van der Waals surface area contributed by atoms with Gasteiger partial charge in [-0.05, 0) is 19.8 Å². The second-order valence-electron chi connectivity index (χ2n) is 3.76. The third-order valence-electron chi connectivity index (χ3n) is 2.34. The Morgan fingerprint density at radius 3 is 2.87 bits per heavy atom. The van der Waals surface area contributed by atoms with Crippen molar-refractivity contribution < 1.29 is 9.53 Å². The maximum atomic E-state index is 12.0. The van der Waals surface area contributed by atoms with Crippen LogP contribution < -0.4 is 0 Å². The van der Waals surface area contributed by atoms with Gasteiger partial charge in [-0.25, -0.2) is 0 Å². The van der Waals surface area contributed by atoms with Crippen molar-refractivity contribution in [3.63, 3.8) is 0 Å². The summed E-state index contributed by atoms with van der Waals surface area (Å²) in [7, 11) is 0. The molecule has 1 rings (SSSR count). The van der Waals surface area contributed by atoms with Gasteiger partial charge in [0, 0.05) is 31.0 Å². The average Bonchev–Trinajstić information content (AvgIpc) is 2.68. The first kappa shape index (κ1) is 13.1. The van der Waals surface area contributed by atoms with Gasteiger partial charge in [-0.3, -0.25) is 4.79 Å². The van der Waals surface area contributed by atoms with Crippen molar-refractivity contribution in [2.45, 2.75) is 31.2 Å². The predicted octanol–water partition coefficient (Wildman–Crippen LogP) is 1.86. The molecule has 1 aliphatic heterocycles. The molecule has 0 saturated carbocycles. The van der Waals surface area contributed by atoms with Crippen LogP contribution in [0.4, 0.5) is 0 Å². The van der Waals surface area contributed by atoms with Gasteiger partial charge in [0.05, 0.1) is 0 Å². The lowest BCUT2D eigenvalue weighted by atomic mass is 10.2. The Bertz CT molecular complexity index is 206. The molecule has 1 heterocycles. The van der Waals surface area contributed by atoms with E-state index < -0.39 is 0 Å². The minimum Gasteiger partial charge on any atom is -0.368 e. The number of carbonyl (C=O) groups is 1. The molecule has 1 saturated heterocycles. The van der Waals surface area contributed by atoms with E-state index in [1.807, 2.05) is 6.92 Å². The number of nitrogens with zero attached hydrogens (tertiary/aromatic N) is 1. The Kier molecular flexibility index (Phi) is 5.72. The lowest BCUT2D eigenvalue weighted by molar-refractivity contribution is -0.140. The van der Waals surface area contributed by atoms with E-state index in [2.05, 4.69) is 0 Å². The summed E-state index contributed by atoms with van der Waals surface area (Å²) >= 11 is 11.5. The number of carbonyl (C=O) groups excluding carboxylic acids is 1. The molecule has 0 spiro atoms. The van der Waals surface area contributed by atoms with Crippen molar-refractivity contribution in [2.75, 3.05) is 25.6 Å². The summed E-state index contributed by atoms with van der Waals surface area (Å²) in [5, 5.41) is -0.0569. The molecule has 5 heteroatoms. The molecule has 1 amide bonds. The quantitative estimate of drug-likeness (QED) is 0.701. The second kappa shape index (κ2) is 6.56. The summed E-state index contributed by atoms with van der Waals surface area (Å²) in [4.78, 5) is 13.6. The van der Waals surface area contributed by atoms with Crippen molar-refractivity contribution in [3.8, 4) is 0 Å². The Morgan fingerprint density at radius 2 is 2.40 bits per heavy atom. The number of ether oxygens (including phenoxy) is 1. The topological polar surface area (TPSA) is 29.5 Å². The zero-order valence-corrected chi connectivity index (χ0v) is 10.4. The van der Waals surface area contributed by atoms with E-state index in [4.69, 9.17) is 27.9 Å². The molecule has 0 aliphatic carbocycles. The molecule has 2 unspecified atom stereocenters. The van der Waals surface area contributed by atoms with E-state index in [1.165, 1.54) is 0 Å². The van der Waals surface area contributed by atoms with E-state index >= 15 is 0 Å². The van der Waals surface area contributed by atoms with Crippen LogP contribution in [-0.2, 0) is 9.53 Å². The van der Waals surface area contributed by atoms with Gasteiger partial charge in [-0.1, -0.05) is 0 Å². The summed E-state index contributed by atoms with van der Waals surface area (Å²) in [5.74, 6) is 0.461. The maximum absolute atomic E-state index is 12.0. The fourth-order valence-corrected chi connectivity index (χ4v) is 2.04. The molecule has 0 radical (unpaired) electrons. The summed E-state index contributed by atoms with van der Waals surface area (Å²) in [6, 6.07) is 0. The minimum atomic E-state index is -0.274. The van der Waals surface area contributed by atoms with Gasteiger partial charge in [-0.15, -0.1) is 23.2 Å². The predicted molar refractivity (Wildman–Crippen MR) is 61.6 cm³/mol. The minimum absolute atomic E-state index is 0.0284. The molecule has 1 fully saturated rings. The maximum Gasteiger partial charge on any atom is 0.251 e. The second-order valence-corrected chi connectivity index (χ2v) is 4.88. The van der Waals surface area contributed by atoms with Gasteiger partial charge in [0.1, 0.15) is 6.10 Å². The highest BCUT2D eigenvalue weighted by molar-refractivity contribution is 6.20. The number of amides is 1. The van der Waals surface area contributed by atoms with Gasteiger partial charge < -0.3 is 9.64 Å². The molecular weight excluding hydrogens is 237 g/mol. The fourth-order valence-electron chi connectivity index (χ4n) is 1.67. The van der Waals surface area contributed by atoms with E-state index in [-0.39, 0.29) is 17.4 Å². The molecular formula is C10H17Cl2NO2. The summed E-state index contributed by atoms with van der Waals surface area (Å²) < 4.78 is 5.35. The monoisotopic (exact) mass is 253 g/mol. The van der Waals surface area contributed by atoms with Crippen LogP contribution in [0, 0.1) is 0 Å². The van der Waals surface area contributed by atoms with Crippen molar-refractivity contribution in [2.24, 2.45) is 0 Å². The molecule has 0 aromatic carbocycles. The number of hydrogen-bond acceptors (Lipinski definition) is 2. The standard InChI is InChI=1S/C10H17Cl2NO2/c1-8(12)7-13(5-4-11)10(14)9-3-2-6-15-9/h8-9H,2-7H2,1H3. The van der Waals surface area contributed by atoms with Crippen molar-refractivity contribution in [1.29, 1.82) is 0 Å². The average molecular weight is 254 g/mol. The summed E-state index contributed by atoms with van der Waals surface area (Å²) in [6.45, 7) is 3.62. The van der Waals surface area contributed by atoms with Crippen LogP contribution in [0.5, 0.6) is 0 Å². The number of halogens is 2. The summed E-state index contributed by atoms with van der Waals surface area (Å²) in [6.07, 6.45) is 1.50. The highest BCUT2D eigenvalue weighted by Gasteiger charge is 2.28. The van der Waals surface area contributed by atoms with Crippen molar-refractivity contribution in [1.82, 2.24) is 4.90 Å². The number of rotatable bonds is 5. The van der Waals surface area contributed by atoms with Crippen LogP contribution in [0.2, 0.25) is 0 Å². The lowest BCUT2D eigenvalue weighted by Crippen LogP contribution is -2.42. The van der Waals surface area contributed by atoms with Crippen LogP contribution in [0.1, 0.15) is 19.8 Å². The number of hydrogen-bond donors (Lipinski definition) is 0. The first-order chi connectivity index (χ1) is 7.15. The van der Waals surface area contributed by atoms with Crippen LogP contribution in [0.15, 0.2) is 0 Å². The SMILES string of the molecule is CC(Cl)CN(CCCl)C(=O)C1CCCO1. The number of alkyl halides is 2. The highest BCUT2D eigenvalue weighted by Crippen LogP contribution is 2.15. The molecule has 1 aliphatic rings. The van der Waals surface area contributed by atoms with Gasteiger partial charge >= 0.3 is 0 Å². The van der Waals surface area contributed by atoms with Gasteiger partial charge in [0.15, 0.2) is 0 Å². The van der Waals surface area contributed by atoms with E-state index in [0.29, 0.717) is 25.6 Å². The van der Waals surface area contributed by atoms with Gasteiger partial charge in [0.25, 0.3) is 5.91 Å². The van der Waals surface area contributed by atoms with Crippen LogP contribution in [-0.4, -0.2) is 47.9 Å². The first-order valence-corrected chi connectivity index (χ1v) is 6.22. The molecule has 0 N–H and O–H groups in total. The lowest BCUT2D eigenvalue weighted by Gasteiger charge is -2.25. The Morgan fingerprint density at radius 1 is 1.67 bits per heavy atom. The van der Waals surface area contributed by atoms with Crippen molar-refractivity contribution >= 4 is 29.1 Å². The fraction of sp³-hybridized carbons (Fsp3) is 0.900. The van der Waals surface area contributed by atoms with Crippen LogP contribution in [0.3, 0.4) is 0 Å². The highest BCUT2D eigenvalue weighted by atomic mass is 35.5. The van der Waals surface area contributed by atoms with Crippen molar-refractivity contribution in [3.05, 3.63) is 0 Å². The largest absolute Gasteiger partial charge is 0.368 e. The van der Waals surface area contributed by atoms with Crippen LogP contribution >= 0.6 is 23.2 Å². The van der Waals surface area contributed by atoms with E-state index in [1.54, 1.807) is 4.90 Å². The van der Waals surface area contributed by atoms with Gasteiger partial charge in [0.2, 0.25) is 0 Å². The van der Waals surface area contributed by atoms with Gasteiger partial charge in [-0.2, -0.15) is 0 Å². The Labute approximate surface area is 101 Å². The first-order valence-electron chi connectivity index (χ1n) is 5.25. The normalized spacial score (nSPS) is 22.7. The molecule has 88 valence electrons. The molecule has 3 nitrogen and oxygen atoms in total. The summed E-state index contributed by atoms with van der Waals surface area (Å²) in [5.41, 5.74) is 0. The third kappa shape index (κ3) is 4.17. The smallest absolute Gasteiger partial charge is 0.251 e. The zero-order valence-electron chi connectivity index (χ0n) is 8.92. The third-order valence-corrected chi connectivity index (χ3v) is 2.65. The molecule has 0 aromatic rings. The molecule has 0 aromatic heterocycles. The molecule has 15 heavy (non-hydrogen) atoms. The molecule has 2 atom stereocenters. The molecule has 0 bridgehead atoms. The Hall–Kier alpha value is 0.01000. The van der Waals surface area contributed by atoms with Crippen LogP contribution in [0.25, 0.3) is 0 Å².